The molecule has 88 valence electrons. The van der Waals surface area contributed by atoms with E-state index in [9.17, 15) is 4.79 Å². The second kappa shape index (κ2) is 5.70. The van der Waals surface area contributed by atoms with E-state index in [-0.39, 0.29) is 0 Å². The molecule has 1 saturated heterocycles. The number of carboxylic acid groups (broad SMARTS) is 1. The maximum atomic E-state index is 10.9. The van der Waals surface area contributed by atoms with Crippen molar-refractivity contribution in [2.75, 3.05) is 12.3 Å². The lowest BCUT2D eigenvalue weighted by Gasteiger charge is -2.09. The Balaban J connectivity index is 1.80. The number of hydrogen-bond acceptors (Lipinski definition) is 4. The molecule has 1 aromatic rings. The van der Waals surface area contributed by atoms with E-state index in [1.807, 2.05) is 23.2 Å². The predicted octanol–water partition coefficient (Wildman–Crippen LogP) is 2.43. The molecule has 0 aromatic carbocycles. The van der Waals surface area contributed by atoms with Gasteiger partial charge in [0.1, 0.15) is 4.88 Å². The van der Waals surface area contributed by atoms with Crippen molar-refractivity contribution in [3.05, 3.63) is 21.9 Å². The van der Waals surface area contributed by atoms with Crippen LogP contribution in [-0.4, -0.2) is 28.6 Å². The van der Waals surface area contributed by atoms with Crippen LogP contribution in [-0.2, 0) is 6.54 Å². The van der Waals surface area contributed by atoms with E-state index in [1.165, 1.54) is 29.9 Å². The Kier molecular flexibility index (Phi) is 4.26. The lowest BCUT2D eigenvalue weighted by Crippen LogP contribution is -2.23. The van der Waals surface area contributed by atoms with Gasteiger partial charge in [-0.05, 0) is 35.6 Å². The highest BCUT2D eigenvalue weighted by molar-refractivity contribution is 8.00. The van der Waals surface area contributed by atoms with Gasteiger partial charge < -0.3 is 10.4 Å². The van der Waals surface area contributed by atoms with E-state index in [2.05, 4.69) is 5.32 Å². The fourth-order valence-corrected chi connectivity index (χ4v) is 3.83. The largest absolute Gasteiger partial charge is 0.477 e. The first-order valence-electron chi connectivity index (χ1n) is 5.39. The third kappa shape index (κ3) is 2.99. The Hall–Kier alpha value is -0.520. The number of aromatic carboxylic acids is 1. The van der Waals surface area contributed by atoms with Crippen LogP contribution in [0.5, 0.6) is 0 Å². The van der Waals surface area contributed by atoms with Gasteiger partial charge in [0.05, 0.1) is 0 Å². The molecule has 0 aliphatic carbocycles. The Morgan fingerprint density at radius 1 is 1.62 bits per heavy atom. The summed E-state index contributed by atoms with van der Waals surface area (Å²) in [6.07, 6.45) is 2.60. The fourth-order valence-electron chi connectivity index (χ4n) is 1.84. The maximum Gasteiger partial charge on any atom is 0.346 e. The molecule has 1 aliphatic heterocycles. The number of hydrogen-bond donors (Lipinski definition) is 2. The average Bonchev–Trinajstić information content (AvgIpc) is 2.87. The number of nitrogens with one attached hydrogen (secondary N) is 1. The Morgan fingerprint density at radius 2 is 2.50 bits per heavy atom. The molecule has 5 heteroatoms. The highest BCUT2D eigenvalue weighted by Gasteiger charge is 2.16. The van der Waals surface area contributed by atoms with Crippen LogP contribution in [0.4, 0.5) is 0 Å². The van der Waals surface area contributed by atoms with Crippen LogP contribution in [0.3, 0.4) is 0 Å². The van der Waals surface area contributed by atoms with Gasteiger partial charge in [-0.15, -0.1) is 11.3 Å². The van der Waals surface area contributed by atoms with Gasteiger partial charge in [0, 0.05) is 18.3 Å². The zero-order valence-corrected chi connectivity index (χ0v) is 10.6. The number of carboxylic acids is 1. The molecule has 1 atom stereocenters. The van der Waals surface area contributed by atoms with Gasteiger partial charge >= 0.3 is 5.97 Å². The van der Waals surface area contributed by atoms with Crippen molar-refractivity contribution in [2.45, 2.75) is 24.6 Å². The molecule has 1 aromatic heterocycles. The van der Waals surface area contributed by atoms with E-state index >= 15 is 0 Å². The molecule has 0 bridgehead atoms. The standard InChI is InChI=1S/C11H15NO2S2/c13-11(14)10-8(3-5-16-10)6-12-7-9-2-1-4-15-9/h3,5,9,12H,1-2,4,6-7H2,(H,13,14). The van der Waals surface area contributed by atoms with Crippen molar-refractivity contribution in [3.8, 4) is 0 Å². The molecule has 2 N–H and O–H groups in total. The summed E-state index contributed by atoms with van der Waals surface area (Å²) in [6, 6.07) is 1.89. The van der Waals surface area contributed by atoms with E-state index in [0.717, 1.165) is 12.1 Å². The second-order valence-corrected chi connectivity index (χ2v) is 6.17. The van der Waals surface area contributed by atoms with E-state index in [1.54, 1.807) is 0 Å². The summed E-state index contributed by atoms with van der Waals surface area (Å²) in [4.78, 5) is 11.3. The molecule has 0 amide bonds. The predicted molar refractivity (Wildman–Crippen MR) is 68.5 cm³/mol. The molecule has 0 radical (unpaired) electrons. The summed E-state index contributed by atoms with van der Waals surface area (Å²) in [5.74, 6) is 0.451. The van der Waals surface area contributed by atoms with E-state index in [0.29, 0.717) is 16.7 Å². The monoisotopic (exact) mass is 257 g/mol. The number of carbonyl (C=O) groups is 1. The van der Waals surface area contributed by atoms with Crippen molar-refractivity contribution < 1.29 is 9.90 Å². The molecular formula is C11H15NO2S2. The van der Waals surface area contributed by atoms with Crippen molar-refractivity contribution in [2.24, 2.45) is 0 Å². The van der Waals surface area contributed by atoms with Gasteiger partial charge in [-0.3, -0.25) is 0 Å². The van der Waals surface area contributed by atoms with Crippen LogP contribution in [0.2, 0.25) is 0 Å². The molecule has 16 heavy (non-hydrogen) atoms. The Bertz CT molecular complexity index is 359. The summed E-state index contributed by atoms with van der Waals surface area (Å²) in [5.41, 5.74) is 0.903. The van der Waals surface area contributed by atoms with Crippen LogP contribution in [0.25, 0.3) is 0 Å². The summed E-state index contributed by atoms with van der Waals surface area (Å²) >= 11 is 3.31. The third-order valence-electron chi connectivity index (χ3n) is 2.65. The van der Waals surface area contributed by atoms with Crippen LogP contribution in [0.1, 0.15) is 28.1 Å². The Morgan fingerprint density at radius 3 is 3.19 bits per heavy atom. The van der Waals surface area contributed by atoms with Gasteiger partial charge in [-0.1, -0.05) is 0 Å². The zero-order valence-electron chi connectivity index (χ0n) is 8.94. The Labute approximate surface area is 103 Å². The van der Waals surface area contributed by atoms with Crippen molar-refractivity contribution in [1.29, 1.82) is 0 Å². The third-order valence-corrected chi connectivity index (χ3v) is 5.00. The lowest BCUT2D eigenvalue weighted by atomic mass is 10.2. The smallest absolute Gasteiger partial charge is 0.346 e. The van der Waals surface area contributed by atoms with Gasteiger partial charge in [0.2, 0.25) is 0 Å². The normalized spacial score (nSPS) is 20.1. The van der Waals surface area contributed by atoms with Gasteiger partial charge in [-0.2, -0.15) is 11.8 Å². The van der Waals surface area contributed by atoms with Crippen molar-refractivity contribution >= 4 is 29.1 Å². The quantitative estimate of drug-likeness (QED) is 0.850. The maximum absolute atomic E-state index is 10.9. The highest BCUT2D eigenvalue weighted by Crippen LogP contribution is 2.25. The molecular weight excluding hydrogens is 242 g/mol. The molecule has 0 saturated carbocycles. The first kappa shape index (κ1) is 12.0. The van der Waals surface area contributed by atoms with Crippen molar-refractivity contribution in [1.82, 2.24) is 5.32 Å². The molecule has 0 spiro atoms. The minimum atomic E-state index is -0.818. The first-order chi connectivity index (χ1) is 7.77. The average molecular weight is 257 g/mol. The van der Waals surface area contributed by atoms with Gasteiger partial charge in [0.25, 0.3) is 0 Å². The molecule has 1 aliphatic rings. The summed E-state index contributed by atoms with van der Waals surface area (Å²) < 4.78 is 0. The second-order valence-electron chi connectivity index (χ2n) is 3.85. The molecule has 1 unspecified atom stereocenters. The van der Waals surface area contributed by atoms with Gasteiger partial charge in [0.15, 0.2) is 0 Å². The number of rotatable bonds is 5. The molecule has 3 nitrogen and oxygen atoms in total. The molecule has 2 rings (SSSR count). The van der Waals surface area contributed by atoms with Crippen LogP contribution in [0, 0.1) is 0 Å². The van der Waals surface area contributed by atoms with Crippen molar-refractivity contribution in [3.63, 3.8) is 0 Å². The van der Waals surface area contributed by atoms with E-state index in [4.69, 9.17) is 5.11 Å². The molecule has 1 fully saturated rings. The first-order valence-corrected chi connectivity index (χ1v) is 7.32. The minimum absolute atomic E-state index is 0.464. The molecule has 2 heterocycles. The lowest BCUT2D eigenvalue weighted by molar-refractivity contribution is 0.0701. The van der Waals surface area contributed by atoms with Gasteiger partial charge in [-0.25, -0.2) is 4.79 Å². The minimum Gasteiger partial charge on any atom is -0.477 e. The summed E-state index contributed by atoms with van der Waals surface area (Å²) in [6.45, 7) is 1.65. The number of thiophene rings is 1. The van der Waals surface area contributed by atoms with E-state index < -0.39 is 5.97 Å². The topological polar surface area (TPSA) is 49.3 Å². The summed E-state index contributed by atoms with van der Waals surface area (Å²) in [7, 11) is 0. The van der Waals surface area contributed by atoms with Crippen LogP contribution < -0.4 is 5.32 Å². The highest BCUT2D eigenvalue weighted by atomic mass is 32.2. The zero-order chi connectivity index (χ0) is 11.4. The summed E-state index contributed by atoms with van der Waals surface area (Å²) in [5, 5.41) is 14.8. The van der Waals surface area contributed by atoms with Crippen LogP contribution >= 0.6 is 23.1 Å². The number of thioether (sulfide) groups is 1. The van der Waals surface area contributed by atoms with Crippen LogP contribution in [0.15, 0.2) is 11.4 Å². The SMILES string of the molecule is O=C(O)c1sccc1CNCC1CCCS1. The fraction of sp³-hybridized carbons (Fsp3) is 0.545.